The highest BCUT2D eigenvalue weighted by Gasteiger charge is 2.29. The van der Waals surface area contributed by atoms with Crippen molar-refractivity contribution in [3.05, 3.63) is 145 Å². The van der Waals surface area contributed by atoms with E-state index in [-0.39, 0.29) is 36.1 Å². The second-order valence-corrected chi connectivity index (χ2v) is 33.6. The van der Waals surface area contributed by atoms with Gasteiger partial charge in [0.15, 0.2) is 19.9 Å². The van der Waals surface area contributed by atoms with E-state index in [4.69, 9.17) is 108 Å². The number of nitrogens with one attached hydrogen (secondary N) is 2. The number of anilines is 3. The van der Waals surface area contributed by atoms with Crippen LogP contribution in [-0.2, 0) is 9.47 Å². The van der Waals surface area contributed by atoms with Crippen LogP contribution in [0.3, 0.4) is 0 Å². The van der Waals surface area contributed by atoms with E-state index in [0.717, 1.165) is 164 Å². The Morgan fingerprint density at radius 3 is 1.15 bits per heavy atom. The smallest absolute Gasteiger partial charge is 0.410 e. The van der Waals surface area contributed by atoms with Crippen LogP contribution in [0.15, 0.2) is 109 Å². The molecule has 8 heterocycles. The summed E-state index contributed by atoms with van der Waals surface area (Å²) in [4.78, 5) is 78.6. The van der Waals surface area contributed by atoms with Gasteiger partial charge in [0.2, 0.25) is 0 Å². The second kappa shape index (κ2) is 42.1. The van der Waals surface area contributed by atoms with E-state index in [2.05, 4.69) is 35.3 Å². The number of ether oxygens (including phenoxy) is 6. The predicted molar refractivity (Wildman–Crippen MR) is 452 cm³/mol. The van der Waals surface area contributed by atoms with Crippen LogP contribution in [0.25, 0.3) is 40.9 Å². The molecular weight excluding hydrogens is 1620 g/mol. The van der Waals surface area contributed by atoms with Crippen LogP contribution in [0.4, 0.5) is 25.0 Å². The number of carbonyl (C=O) groups is 4. The zero-order chi connectivity index (χ0) is 77.7. The number of nitrogens with zero attached hydrogens (tertiary/aromatic N) is 10. The lowest BCUT2D eigenvalue weighted by molar-refractivity contribution is 0.0252. The second-order valence-electron chi connectivity index (χ2n) is 26.9. The summed E-state index contributed by atoms with van der Waals surface area (Å²) in [6.07, 6.45) is 3.51. The van der Waals surface area contributed by atoms with Crippen molar-refractivity contribution in [3.8, 4) is 23.0 Å². The lowest BCUT2D eigenvalue weighted by Crippen LogP contribution is -2.39. The van der Waals surface area contributed by atoms with Gasteiger partial charge in [0.05, 0.1) is 69.3 Å². The molecule has 6 aromatic carbocycles. The molecule has 4 saturated heterocycles. The van der Waals surface area contributed by atoms with Gasteiger partial charge in [0, 0.05) is 112 Å². The maximum atomic E-state index is 13.3. The number of halogens is 7. The highest BCUT2D eigenvalue weighted by Crippen LogP contribution is 2.37. The Bertz CT molecular complexity index is 4590. The fourth-order valence-corrected chi connectivity index (χ4v) is 16.9. The van der Waals surface area contributed by atoms with Crippen molar-refractivity contribution in [2.45, 2.75) is 78.4 Å². The maximum absolute atomic E-state index is 13.3. The molecule has 588 valence electrons. The van der Waals surface area contributed by atoms with Crippen molar-refractivity contribution < 1.29 is 47.6 Å². The number of hydrogen-bond acceptors (Lipinski definition) is 23. The van der Waals surface area contributed by atoms with E-state index in [1.165, 1.54) is 36.7 Å². The van der Waals surface area contributed by atoms with Crippen molar-refractivity contribution in [2.75, 3.05) is 148 Å². The van der Waals surface area contributed by atoms with Crippen molar-refractivity contribution in [3.63, 3.8) is 0 Å². The molecule has 0 aliphatic carbocycles. The first kappa shape index (κ1) is 87.7. The molecule has 0 atom stereocenters. The molecule has 0 spiro atoms. The number of hydrogen-bond donors (Lipinski definition) is 2. The zero-order valence-electron chi connectivity index (χ0n) is 62.4. The molecule has 4 aliphatic rings. The number of rotatable bonds is 9. The predicted octanol–water partition coefficient (Wildman–Crippen LogP) is 18.8. The first-order chi connectivity index (χ1) is 51.7. The standard InChI is InChI=1S/C21H22ClN3O3S.C17H22ClN3O2S.C12H14ClN3S.C10H20N2O2.C9H9ClO3.C7H3Cl2NS.ClH/c1-27-16-5-3-6-17(28-2)19(16)20(26)24-9-4-10-25(12-11-24)21-23-15-8-7-14(22)13-18(15)29-21;1-17(2,3)23-16(22)21-8-4-7-20(9-10-21)15-19-13-6-5-12(18)11-14(13)24-15;13-9-2-3-10-11(8-9)17-12(15-10)16-6-1-4-14-5-7-16;1-10(2,3)14-9(13)12-7-4-5-11-6-8-12;1-12-6-4-3-5-7(13-2)8(6)9(10)11;8-4-1-2-5-6(3-4)11-7(9)10-5;/h3,5-8,13H,4,9-12H2,1-2H3;5-6,11H,4,7-10H2,1-3H3;2-3,8,14H,1,4-7H2;11H,4-8H2,1-3H3;3-5H,1-2H3;1-3H;1H. The Morgan fingerprint density at radius 2 is 0.734 bits per heavy atom. The minimum Gasteiger partial charge on any atom is -0.496 e. The molecule has 10 aromatic rings. The molecular formula is C76H91Cl7N12O10S4. The van der Waals surface area contributed by atoms with Crippen molar-refractivity contribution in [1.82, 2.24) is 45.3 Å². The van der Waals surface area contributed by atoms with Crippen LogP contribution < -0.4 is 44.3 Å². The first-order valence-corrected chi connectivity index (χ1v) is 40.7. The summed E-state index contributed by atoms with van der Waals surface area (Å²) in [6, 6.07) is 33.3. The lowest BCUT2D eigenvalue weighted by Gasteiger charge is -2.26. The Balaban J connectivity index is 0.000000170. The number of aromatic nitrogens is 4. The SMILES string of the molecule is CC(C)(C)OC(=O)N1CCCN(c2nc3ccc(Cl)cc3s2)CC1.CC(C)(C)OC(=O)N1CCCNCC1.COc1cccc(OC)c1C(=O)Cl.COc1cccc(OC)c1C(=O)N1CCCN(c2nc3ccc(Cl)cc3s2)CC1.Cl.Clc1ccc2nc(Cl)sc2c1.Clc1ccc2nc(N3CCCNCC3)sc2c1. The summed E-state index contributed by atoms with van der Waals surface area (Å²) >= 11 is 41.4. The number of carbonyl (C=O) groups excluding carboxylic acids is 4. The molecule has 3 amide bonds. The quantitative estimate of drug-likeness (QED) is 0.128. The van der Waals surface area contributed by atoms with Crippen LogP contribution in [0, 0.1) is 0 Å². The average molecular weight is 1710 g/mol. The number of thiazole rings is 4. The Labute approximate surface area is 688 Å². The minimum absolute atomic E-state index is 0. The van der Waals surface area contributed by atoms with Gasteiger partial charge in [-0.05, 0) is 189 Å². The van der Waals surface area contributed by atoms with Crippen molar-refractivity contribution >= 4 is 207 Å². The van der Waals surface area contributed by atoms with Gasteiger partial charge in [-0.25, -0.2) is 29.5 Å². The van der Waals surface area contributed by atoms with Gasteiger partial charge < -0.3 is 68.5 Å². The molecule has 0 radical (unpaired) electrons. The van der Waals surface area contributed by atoms with Gasteiger partial charge in [-0.2, -0.15) is 0 Å². The topological polar surface area (TPSA) is 219 Å². The monoisotopic (exact) mass is 1700 g/mol. The van der Waals surface area contributed by atoms with E-state index < -0.39 is 16.4 Å². The third-order valence-corrected chi connectivity index (χ3v) is 22.2. The van der Waals surface area contributed by atoms with E-state index in [9.17, 15) is 19.2 Å². The van der Waals surface area contributed by atoms with E-state index >= 15 is 0 Å². The van der Waals surface area contributed by atoms with Gasteiger partial charge in [0.1, 0.15) is 45.3 Å². The van der Waals surface area contributed by atoms with Crippen molar-refractivity contribution in [2.24, 2.45) is 0 Å². The first-order valence-electron chi connectivity index (χ1n) is 35.1. The average Bonchev–Trinajstić information content (AvgIpc) is 1.32. The van der Waals surface area contributed by atoms with Crippen molar-refractivity contribution in [1.29, 1.82) is 0 Å². The van der Waals surface area contributed by atoms with Gasteiger partial charge >= 0.3 is 12.2 Å². The van der Waals surface area contributed by atoms with Crippen LogP contribution >= 0.6 is 127 Å². The third kappa shape index (κ3) is 26.1. The molecule has 2 N–H and O–H groups in total. The molecule has 4 aliphatic heterocycles. The number of amides is 3. The normalized spacial score (nSPS) is 14.9. The lowest BCUT2D eigenvalue weighted by atomic mass is 10.1. The van der Waals surface area contributed by atoms with Crippen LogP contribution in [0.2, 0.25) is 24.6 Å². The fraction of sp³-hybridized carbons (Fsp3) is 0.421. The summed E-state index contributed by atoms with van der Waals surface area (Å²) in [7, 11) is 6.07. The number of methoxy groups -OCH3 is 4. The Hall–Kier alpha value is -6.89. The molecule has 4 aromatic heterocycles. The highest BCUT2D eigenvalue weighted by molar-refractivity contribution is 7.23. The minimum atomic E-state index is -0.589. The summed E-state index contributed by atoms with van der Waals surface area (Å²) in [5.41, 5.74) is 3.75. The van der Waals surface area contributed by atoms with Crippen LogP contribution in [0.5, 0.6) is 23.0 Å². The van der Waals surface area contributed by atoms with Crippen LogP contribution in [-0.4, -0.2) is 202 Å². The molecule has 109 heavy (non-hydrogen) atoms. The third-order valence-electron chi connectivity index (χ3n) is 16.7. The number of benzene rings is 6. The largest absolute Gasteiger partial charge is 0.496 e. The molecule has 4 fully saturated rings. The van der Waals surface area contributed by atoms with Gasteiger partial charge in [-0.3, -0.25) is 9.59 Å². The van der Waals surface area contributed by atoms with Gasteiger partial charge in [0.25, 0.3) is 11.1 Å². The Kier molecular flexibility index (Phi) is 33.9. The van der Waals surface area contributed by atoms with Gasteiger partial charge in [-0.15, -0.1) is 23.7 Å². The molecule has 14 rings (SSSR count). The van der Waals surface area contributed by atoms with E-state index in [1.807, 2.05) is 119 Å². The van der Waals surface area contributed by atoms with E-state index in [0.29, 0.717) is 64.2 Å². The molecule has 0 unspecified atom stereocenters. The van der Waals surface area contributed by atoms with E-state index in [1.54, 1.807) is 94.4 Å². The molecule has 33 heteroatoms. The van der Waals surface area contributed by atoms with Gasteiger partial charge in [-0.1, -0.05) is 104 Å². The molecule has 0 saturated carbocycles. The summed E-state index contributed by atoms with van der Waals surface area (Å²) < 4.78 is 36.4. The summed E-state index contributed by atoms with van der Waals surface area (Å²) in [5, 5.41) is 12.1. The molecule has 22 nitrogen and oxygen atoms in total. The Morgan fingerprint density at radius 1 is 0.394 bits per heavy atom. The fourth-order valence-electron chi connectivity index (χ4n) is 11.5. The maximum Gasteiger partial charge on any atom is 0.410 e. The van der Waals surface area contributed by atoms with Crippen LogP contribution in [0.1, 0.15) is 87.9 Å². The summed E-state index contributed by atoms with van der Waals surface area (Å²) in [6.45, 7) is 24.8. The highest BCUT2D eigenvalue weighted by atomic mass is 35.5. The summed E-state index contributed by atoms with van der Waals surface area (Å²) in [5.74, 6) is 1.81. The molecule has 0 bridgehead atoms. The zero-order valence-corrected chi connectivity index (χ0v) is 71.0. The number of fused-ring (bicyclic) bond motifs is 4.